The summed E-state index contributed by atoms with van der Waals surface area (Å²) in [5.41, 5.74) is 7.08. The average Bonchev–Trinajstić information content (AvgIpc) is 3.13. The number of amides is 2. The van der Waals surface area contributed by atoms with Crippen molar-refractivity contribution >= 4 is 45.2 Å². The van der Waals surface area contributed by atoms with Crippen molar-refractivity contribution < 1.29 is 14.3 Å². The van der Waals surface area contributed by atoms with Gasteiger partial charge in [-0.05, 0) is 31.2 Å². The number of ether oxygens (including phenoxy) is 1. The highest BCUT2D eigenvalue weighted by molar-refractivity contribution is 9.10. The van der Waals surface area contributed by atoms with Crippen molar-refractivity contribution in [1.82, 2.24) is 15.8 Å². The van der Waals surface area contributed by atoms with Crippen LogP contribution < -0.4 is 15.6 Å². The highest BCUT2D eigenvalue weighted by Gasteiger charge is 2.16. The predicted octanol–water partition coefficient (Wildman–Crippen LogP) is 4.36. The summed E-state index contributed by atoms with van der Waals surface area (Å²) in [6.45, 7) is 1.76. The maximum atomic E-state index is 12.4. The first kappa shape index (κ1) is 20.8. The second kappa shape index (κ2) is 9.49. The SMILES string of the molecule is COc1ccc(Br)cc1/C=C/C(=O)NNC(=O)c1sc(-c2ccccc2)nc1C. The van der Waals surface area contributed by atoms with Crippen molar-refractivity contribution in [1.29, 1.82) is 0 Å². The highest BCUT2D eigenvalue weighted by atomic mass is 79.9. The van der Waals surface area contributed by atoms with Crippen molar-refractivity contribution in [2.75, 3.05) is 7.11 Å². The van der Waals surface area contributed by atoms with E-state index in [-0.39, 0.29) is 0 Å². The molecule has 148 valence electrons. The van der Waals surface area contributed by atoms with Crippen LogP contribution in [-0.4, -0.2) is 23.9 Å². The van der Waals surface area contributed by atoms with Gasteiger partial charge in [-0.1, -0.05) is 46.3 Å². The molecule has 2 amide bonds. The number of aromatic nitrogens is 1. The van der Waals surface area contributed by atoms with E-state index in [9.17, 15) is 9.59 Å². The van der Waals surface area contributed by atoms with E-state index in [0.29, 0.717) is 16.3 Å². The van der Waals surface area contributed by atoms with Crippen LogP contribution in [0.15, 0.2) is 59.1 Å². The lowest BCUT2D eigenvalue weighted by atomic mass is 10.2. The van der Waals surface area contributed by atoms with Gasteiger partial charge in [-0.2, -0.15) is 0 Å². The van der Waals surface area contributed by atoms with Gasteiger partial charge in [0.2, 0.25) is 0 Å². The summed E-state index contributed by atoms with van der Waals surface area (Å²) in [5.74, 6) is -0.246. The largest absolute Gasteiger partial charge is 0.496 e. The molecule has 2 aromatic carbocycles. The summed E-state index contributed by atoms with van der Waals surface area (Å²) in [5, 5.41) is 0.751. The second-order valence-electron chi connectivity index (χ2n) is 5.96. The minimum atomic E-state index is -0.467. The minimum absolute atomic E-state index is 0.413. The Morgan fingerprint density at radius 3 is 2.62 bits per heavy atom. The molecule has 0 saturated heterocycles. The molecule has 2 N–H and O–H groups in total. The van der Waals surface area contributed by atoms with Crippen LogP contribution in [0.3, 0.4) is 0 Å². The van der Waals surface area contributed by atoms with Crippen LogP contribution in [-0.2, 0) is 4.79 Å². The standard InChI is InChI=1S/C21H18BrN3O3S/c1-13-19(29-21(23-13)14-6-4-3-5-7-14)20(27)25-24-18(26)11-8-15-12-16(22)9-10-17(15)28-2/h3-12H,1-2H3,(H,24,26)(H,25,27)/b11-8+. The Balaban J connectivity index is 1.63. The Labute approximate surface area is 180 Å². The number of hydrogen-bond acceptors (Lipinski definition) is 5. The van der Waals surface area contributed by atoms with Crippen molar-refractivity contribution in [3.05, 3.63) is 75.2 Å². The zero-order valence-corrected chi connectivity index (χ0v) is 18.1. The molecular weight excluding hydrogens is 454 g/mol. The molecule has 0 aliphatic carbocycles. The van der Waals surface area contributed by atoms with Gasteiger partial charge in [0.1, 0.15) is 15.6 Å². The van der Waals surface area contributed by atoms with Crippen LogP contribution in [0, 0.1) is 6.92 Å². The molecule has 3 aromatic rings. The zero-order chi connectivity index (χ0) is 20.8. The smallest absolute Gasteiger partial charge is 0.281 e. The van der Waals surface area contributed by atoms with E-state index in [1.165, 1.54) is 17.4 Å². The first-order valence-electron chi connectivity index (χ1n) is 8.62. The second-order valence-corrected chi connectivity index (χ2v) is 7.88. The van der Waals surface area contributed by atoms with Crippen molar-refractivity contribution in [2.24, 2.45) is 0 Å². The van der Waals surface area contributed by atoms with Gasteiger partial charge < -0.3 is 4.74 Å². The van der Waals surface area contributed by atoms with Crippen LogP contribution >= 0.6 is 27.3 Å². The quantitative estimate of drug-likeness (QED) is 0.427. The number of thiazole rings is 1. The van der Waals surface area contributed by atoms with Crippen LogP contribution in [0.25, 0.3) is 16.6 Å². The van der Waals surface area contributed by atoms with Crippen molar-refractivity contribution in [2.45, 2.75) is 6.92 Å². The maximum Gasteiger partial charge on any atom is 0.281 e. The van der Waals surface area contributed by atoms with E-state index in [1.54, 1.807) is 26.2 Å². The number of hydrazine groups is 1. The molecule has 1 heterocycles. The summed E-state index contributed by atoms with van der Waals surface area (Å²) in [6.07, 6.45) is 2.93. The number of rotatable bonds is 5. The van der Waals surface area contributed by atoms with Crippen LogP contribution in [0.1, 0.15) is 20.9 Å². The molecule has 0 atom stereocenters. The van der Waals surface area contributed by atoms with E-state index in [1.807, 2.05) is 42.5 Å². The van der Waals surface area contributed by atoms with Gasteiger partial charge in [-0.3, -0.25) is 20.4 Å². The fourth-order valence-electron chi connectivity index (χ4n) is 2.53. The Hall–Kier alpha value is -2.97. The lowest BCUT2D eigenvalue weighted by Crippen LogP contribution is -2.40. The monoisotopic (exact) mass is 471 g/mol. The summed E-state index contributed by atoms with van der Waals surface area (Å²) < 4.78 is 6.12. The molecule has 6 nitrogen and oxygen atoms in total. The number of carbonyl (C=O) groups excluding carboxylic acids is 2. The molecule has 0 fully saturated rings. The number of methoxy groups -OCH3 is 1. The Morgan fingerprint density at radius 2 is 1.90 bits per heavy atom. The number of halogens is 1. The third-order valence-corrected chi connectivity index (χ3v) is 5.63. The number of aryl methyl sites for hydroxylation is 1. The average molecular weight is 472 g/mol. The Kier molecular flexibility index (Phi) is 6.79. The minimum Gasteiger partial charge on any atom is -0.496 e. The van der Waals surface area contributed by atoms with Crippen LogP contribution in [0.4, 0.5) is 0 Å². The molecule has 1 aromatic heterocycles. The molecule has 0 aliphatic heterocycles. The molecule has 0 radical (unpaired) electrons. The molecule has 8 heteroatoms. The maximum absolute atomic E-state index is 12.4. The van der Waals surface area contributed by atoms with E-state index >= 15 is 0 Å². The van der Waals surface area contributed by atoms with Gasteiger partial charge >= 0.3 is 0 Å². The summed E-state index contributed by atoms with van der Waals surface area (Å²) >= 11 is 4.66. The van der Waals surface area contributed by atoms with Gasteiger partial charge in [-0.15, -0.1) is 11.3 Å². The normalized spacial score (nSPS) is 10.7. The zero-order valence-electron chi connectivity index (χ0n) is 15.7. The van der Waals surface area contributed by atoms with Gasteiger partial charge in [-0.25, -0.2) is 4.98 Å². The van der Waals surface area contributed by atoms with E-state index in [0.717, 1.165) is 20.6 Å². The third kappa shape index (κ3) is 5.30. The first-order valence-corrected chi connectivity index (χ1v) is 10.2. The Morgan fingerprint density at radius 1 is 1.14 bits per heavy atom. The molecule has 3 rings (SSSR count). The molecular formula is C21H18BrN3O3S. The van der Waals surface area contributed by atoms with Crippen LogP contribution in [0.5, 0.6) is 5.75 Å². The Bertz CT molecular complexity index is 1060. The lowest BCUT2D eigenvalue weighted by molar-refractivity contribution is -0.117. The fraction of sp³-hybridized carbons (Fsp3) is 0.0952. The van der Waals surface area contributed by atoms with Crippen LogP contribution in [0.2, 0.25) is 0 Å². The number of carbonyl (C=O) groups is 2. The summed E-state index contributed by atoms with van der Waals surface area (Å²) in [4.78, 5) is 29.4. The number of benzene rings is 2. The molecule has 0 aliphatic rings. The van der Waals surface area contributed by atoms with Gasteiger partial charge in [0.15, 0.2) is 0 Å². The first-order chi connectivity index (χ1) is 14.0. The van der Waals surface area contributed by atoms with Gasteiger partial charge in [0.25, 0.3) is 11.8 Å². The highest BCUT2D eigenvalue weighted by Crippen LogP contribution is 2.27. The molecule has 29 heavy (non-hydrogen) atoms. The number of nitrogens with one attached hydrogen (secondary N) is 2. The lowest BCUT2D eigenvalue weighted by Gasteiger charge is -2.06. The van der Waals surface area contributed by atoms with E-state index < -0.39 is 11.8 Å². The fourth-order valence-corrected chi connectivity index (χ4v) is 3.87. The molecule has 0 spiro atoms. The summed E-state index contributed by atoms with van der Waals surface area (Å²) in [7, 11) is 1.56. The van der Waals surface area contributed by atoms with E-state index in [4.69, 9.17) is 4.74 Å². The van der Waals surface area contributed by atoms with Gasteiger partial charge in [0.05, 0.1) is 12.8 Å². The predicted molar refractivity (Wildman–Crippen MR) is 118 cm³/mol. The van der Waals surface area contributed by atoms with E-state index in [2.05, 4.69) is 31.8 Å². The number of nitrogens with zero attached hydrogens (tertiary/aromatic N) is 1. The van der Waals surface area contributed by atoms with Crippen molar-refractivity contribution in [3.63, 3.8) is 0 Å². The molecule has 0 unspecified atom stereocenters. The van der Waals surface area contributed by atoms with Crippen molar-refractivity contribution in [3.8, 4) is 16.3 Å². The topological polar surface area (TPSA) is 80.3 Å². The molecule has 0 saturated carbocycles. The third-order valence-electron chi connectivity index (χ3n) is 3.93. The number of hydrogen-bond donors (Lipinski definition) is 2. The molecule has 0 bridgehead atoms. The van der Waals surface area contributed by atoms with Gasteiger partial charge in [0, 0.05) is 21.7 Å². The summed E-state index contributed by atoms with van der Waals surface area (Å²) in [6, 6.07) is 15.1.